The zero-order valence-corrected chi connectivity index (χ0v) is 28.6. The zero-order chi connectivity index (χ0) is 31.2. The van der Waals surface area contributed by atoms with E-state index in [0.717, 1.165) is 6.42 Å². The third kappa shape index (κ3) is 7.53. The molecular formula is C43H42P2. The topological polar surface area (TPSA) is 0 Å². The van der Waals surface area contributed by atoms with Gasteiger partial charge in [0.1, 0.15) is 0 Å². The van der Waals surface area contributed by atoms with E-state index in [-0.39, 0.29) is 0 Å². The highest BCUT2D eigenvalue weighted by Gasteiger charge is 2.34. The lowest BCUT2D eigenvalue weighted by Crippen LogP contribution is -2.22. The molecule has 0 aliphatic rings. The average molecular weight is 621 g/mol. The van der Waals surface area contributed by atoms with Crippen molar-refractivity contribution in [1.29, 1.82) is 0 Å². The van der Waals surface area contributed by atoms with Gasteiger partial charge in [-0.05, 0) is 82.3 Å². The second kappa shape index (κ2) is 14.5. The van der Waals surface area contributed by atoms with Gasteiger partial charge in [-0.25, -0.2) is 0 Å². The van der Waals surface area contributed by atoms with E-state index in [0.29, 0.717) is 11.3 Å². The molecule has 6 aromatic carbocycles. The minimum Gasteiger partial charge on any atom is -0.0622 e. The number of benzene rings is 6. The first kappa shape index (κ1) is 31.2. The van der Waals surface area contributed by atoms with E-state index in [1.54, 1.807) is 0 Å². The molecule has 0 amide bonds. The fourth-order valence-corrected chi connectivity index (χ4v) is 12.0. The maximum atomic E-state index is 2.39. The predicted octanol–water partition coefficient (Wildman–Crippen LogP) is 10.4. The Hall–Kier alpha value is -3.82. The molecule has 0 N–H and O–H groups in total. The molecule has 0 saturated heterocycles. The second-order valence-electron chi connectivity index (χ2n) is 12.2. The van der Waals surface area contributed by atoms with Gasteiger partial charge in [-0.15, -0.1) is 0 Å². The molecule has 0 heterocycles. The molecule has 0 spiro atoms. The first-order valence-electron chi connectivity index (χ1n) is 15.9. The Morgan fingerprint density at radius 1 is 0.333 bits per heavy atom. The quantitative estimate of drug-likeness (QED) is 0.134. The Labute approximate surface area is 272 Å². The van der Waals surface area contributed by atoms with Crippen LogP contribution < -0.4 is 21.2 Å². The predicted molar refractivity (Wildman–Crippen MR) is 200 cm³/mol. The van der Waals surface area contributed by atoms with Gasteiger partial charge in [0.05, 0.1) is 0 Å². The van der Waals surface area contributed by atoms with Crippen LogP contribution in [0.4, 0.5) is 0 Å². The highest BCUT2D eigenvalue weighted by Crippen LogP contribution is 2.60. The molecule has 0 fully saturated rings. The van der Waals surface area contributed by atoms with Gasteiger partial charge in [0.2, 0.25) is 0 Å². The summed E-state index contributed by atoms with van der Waals surface area (Å²) < 4.78 is 0. The molecule has 0 aliphatic heterocycles. The Kier molecular flexibility index (Phi) is 10.1. The average Bonchev–Trinajstić information content (AvgIpc) is 3.08. The van der Waals surface area contributed by atoms with Crippen LogP contribution in [0.25, 0.3) is 0 Å². The number of rotatable bonds is 10. The van der Waals surface area contributed by atoms with Gasteiger partial charge < -0.3 is 0 Å². The SMILES string of the molecule is Cc1ccc(P(c2ccc(C)cc2)[C@H](C[C@H](c2ccccc2)P(c2ccc(C)cc2)c2ccc(C)cc2)c2ccccc2)cc1. The van der Waals surface area contributed by atoms with Crippen molar-refractivity contribution in [2.45, 2.75) is 45.4 Å². The number of aryl methyl sites for hydroxylation is 4. The summed E-state index contributed by atoms with van der Waals surface area (Å²) in [4.78, 5) is 0. The zero-order valence-electron chi connectivity index (χ0n) is 26.8. The van der Waals surface area contributed by atoms with Crippen molar-refractivity contribution in [3.8, 4) is 0 Å². The first-order chi connectivity index (χ1) is 22.0. The summed E-state index contributed by atoms with van der Waals surface area (Å²) in [6.07, 6.45) is 1.05. The summed E-state index contributed by atoms with van der Waals surface area (Å²) in [5, 5.41) is 5.76. The van der Waals surface area contributed by atoms with Gasteiger partial charge >= 0.3 is 0 Å². The third-order valence-corrected chi connectivity index (χ3v) is 14.4. The van der Waals surface area contributed by atoms with Gasteiger partial charge in [0, 0.05) is 11.3 Å². The molecule has 0 aliphatic carbocycles. The maximum Gasteiger partial charge on any atom is 0.0131 e. The highest BCUT2D eigenvalue weighted by atomic mass is 31.1. The normalized spacial score (nSPS) is 12.8. The summed E-state index contributed by atoms with van der Waals surface area (Å²) in [6, 6.07) is 60.1. The molecule has 2 heteroatoms. The summed E-state index contributed by atoms with van der Waals surface area (Å²) in [5.74, 6) is 0. The van der Waals surface area contributed by atoms with Gasteiger partial charge in [0.25, 0.3) is 0 Å². The molecule has 224 valence electrons. The van der Waals surface area contributed by atoms with Crippen molar-refractivity contribution < 1.29 is 0 Å². The van der Waals surface area contributed by atoms with Crippen molar-refractivity contribution >= 4 is 37.1 Å². The van der Waals surface area contributed by atoms with Gasteiger partial charge in [-0.1, -0.05) is 180 Å². The molecule has 0 radical (unpaired) electrons. The maximum absolute atomic E-state index is 2.39. The molecule has 0 nitrogen and oxygen atoms in total. The van der Waals surface area contributed by atoms with Crippen LogP contribution in [-0.2, 0) is 0 Å². The largest absolute Gasteiger partial charge is 0.0622 e. The van der Waals surface area contributed by atoms with E-state index in [1.807, 2.05) is 0 Å². The van der Waals surface area contributed by atoms with E-state index in [9.17, 15) is 0 Å². The van der Waals surface area contributed by atoms with Crippen molar-refractivity contribution in [2.75, 3.05) is 0 Å². The summed E-state index contributed by atoms with van der Waals surface area (Å²) in [5.41, 5.74) is 8.73. The molecule has 45 heavy (non-hydrogen) atoms. The molecule has 0 aromatic heterocycles. The van der Waals surface area contributed by atoms with Crippen LogP contribution in [0.5, 0.6) is 0 Å². The van der Waals surface area contributed by atoms with Crippen LogP contribution in [0.1, 0.15) is 51.1 Å². The third-order valence-electron chi connectivity index (χ3n) is 8.69. The van der Waals surface area contributed by atoms with Gasteiger partial charge in [0.15, 0.2) is 0 Å². The minimum atomic E-state index is -0.701. The van der Waals surface area contributed by atoms with Crippen molar-refractivity contribution in [1.82, 2.24) is 0 Å². The summed E-state index contributed by atoms with van der Waals surface area (Å²) >= 11 is 0. The fourth-order valence-electron chi connectivity index (χ4n) is 6.18. The van der Waals surface area contributed by atoms with Crippen LogP contribution in [0.3, 0.4) is 0 Å². The Balaban J connectivity index is 1.56. The Morgan fingerprint density at radius 3 is 0.822 bits per heavy atom. The molecular weight excluding hydrogens is 578 g/mol. The van der Waals surface area contributed by atoms with E-state index < -0.39 is 15.8 Å². The van der Waals surface area contributed by atoms with Crippen LogP contribution in [0, 0.1) is 27.7 Å². The highest BCUT2D eigenvalue weighted by molar-refractivity contribution is 7.74. The van der Waals surface area contributed by atoms with E-state index in [1.165, 1.54) is 54.6 Å². The van der Waals surface area contributed by atoms with E-state index in [2.05, 4.69) is 185 Å². The first-order valence-corrected chi connectivity index (χ1v) is 18.7. The van der Waals surface area contributed by atoms with Crippen molar-refractivity contribution in [3.63, 3.8) is 0 Å². The lowest BCUT2D eigenvalue weighted by Gasteiger charge is -2.36. The molecule has 6 aromatic rings. The van der Waals surface area contributed by atoms with Crippen molar-refractivity contribution in [3.05, 3.63) is 191 Å². The molecule has 0 unspecified atom stereocenters. The lowest BCUT2D eigenvalue weighted by molar-refractivity contribution is 0.775. The summed E-state index contributed by atoms with van der Waals surface area (Å²) in [7, 11) is -1.40. The summed E-state index contributed by atoms with van der Waals surface area (Å²) in [6.45, 7) is 8.76. The van der Waals surface area contributed by atoms with Crippen LogP contribution in [-0.4, -0.2) is 0 Å². The van der Waals surface area contributed by atoms with Crippen LogP contribution >= 0.6 is 15.8 Å². The van der Waals surface area contributed by atoms with Gasteiger partial charge in [-0.3, -0.25) is 0 Å². The lowest BCUT2D eigenvalue weighted by atomic mass is 10.0. The van der Waals surface area contributed by atoms with E-state index in [4.69, 9.17) is 0 Å². The van der Waals surface area contributed by atoms with E-state index >= 15 is 0 Å². The number of hydrogen-bond donors (Lipinski definition) is 0. The monoisotopic (exact) mass is 620 g/mol. The molecule has 2 atom stereocenters. The Bertz CT molecular complexity index is 1550. The smallest absolute Gasteiger partial charge is 0.0131 e. The second-order valence-corrected chi connectivity index (χ2v) is 17.0. The van der Waals surface area contributed by atoms with Crippen molar-refractivity contribution in [2.24, 2.45) is 0 Å². The number of hydrogen-bond acceptors (Lipinski definition) is 0. The van der Waals surface area contributed by atoms with Crippen LogP contribution in [0.15, 0.2) is 158 Å². The fraction of sp³-hybridized carbons (Fsp3) is 0.163. The minimum absolute atomic E-state index is 0.331. The van der Waals surface area contributed by atoms with Gasteiger partial charge in [-0.2, -0.15) is 0 Å². The molecule has 0 saturated carbocycles. The Morgan fingerprint density at radius 2 is 0.578 bits per heavy atom. The molecule has 6 rings (SSSR count). The molecule has 0 bridgehead atoms. The van der Waals surface area contributed by atoms with Crippen LogP contribution in [0.2, 0.25) is 0 Å². The standard InChI is InChI=1S/C43H42P2/c1-32-15-23-38(24-16-32)44(39-25-17-33(2)18-26-39)42(36-11-7-5-8-12-36)31-43(37-13-9-6-10-14-37)45(40-27-19-34(3)20-28-40)41-29-21-35(4)22-30-41/h5-30,42-43H,31H2,1-4H3/t42-,43-/m1/s1.